The van der Waals surface area contributed by atoms with Gasteiger partial charge in [0.1, 0.15) is 18.1 Å². The fraction of sp³-hybridized carbons (Fsp3) is 0.467. The number of rotatable bonds is 5. The van der Waals surface area contributed by atoms with Crippen LogP contribution in [0, 0.1) is 6.92 Å². The van der Waals surface area contributed by atoms with Gasteiger partial charge < -0.3 is 20.3 Å². The molecule has 124 valence electrons. The average molecular weight is 337 g/mol. The minimum Gasteiger partial charge on any atom is -0.394 e. The fourth-order valence-corrected chi connectivity index (χ4v) is 3.23. The van der Waals surface area contributed by atoms with Crippen LogP contribution in [0.2, 0.25) is 0 Å². The van der Waals surface area contributed by atoms with Gasteiger partial charge in [-0.1, -0.05) is 6.07 Å². The number of aliphatic hydroxyl groups excluding tert-OH is 2. The molecule has 1 saturated heterocycles. The Bertz CT molecular complexity index is 716. The fourth-order valence-electron chi connectivity index (χ4n) is 2.59. The number of thiophene rings is 1. The summed E-state index contributed by atoms with van der Waals surface area (Å²) in [5.41, 5.74) is 0.367. The lowest BCUT2D eigenvalue weighted by Crippen LogP contribution is -2.29. The number of nitrogens with zero attached hydrogens (tertiary/aromatic N) is 2. The molecular formula is C15H19N3O4S. The predicted molar refractivity (Wildman–Crippen MR) is 86.5 cm³/mol. The Kier molecular flexibility index (Phi) is 4.76. The summed E-state index contributed by atoms with van der Waals surface area (Å²) in [4.78, 5) is 17.5. The highest BCUT2D eigenvalue weighted by molar-refractivity contribution is 7.09. The van der Waals surface area contributed by atoms with E-state index in [2.05, 4.69) is 10.3 Å². The van der Waals surface area contributed by atoms with Gasteiger partial charge in [-0.05, 0) is 18.4 Å². The van der Waals surface area contributed by atoms with Crippen LogP contribution in [0.5, 0.6) is 0 Å². The molecule has 0 bridgehead atoms. The van der Waals surface area contributed by atoms with Crippen molar-refractivity contribution in [1.29, 1.82) is 0 Å². The topological polar surface area (TPSA) is 96.6 Å². The van der Waals surface area contributed by atoms with Gasteiger partial charge in [-0.15, -0.1) is 11.3 Å². The van der Waals surface area contributed by atoms with Crippen molar-refractivity contribution in [2.24, 2.45) is 0 Å². The number of aryl methyl sites for hydroxylation is 1. The summed E-state index contributed by atoms with van der Waals surface area (Å²) in [6, 6.07) is 3.98. The maximum atomic E-state index is 12.2. The molecule has 0 unspecified atom stereocenters. The molecule has 2 aromatic rings. The van der Waals surface area contributed by atoms with Crippen molar-refractivity contribution in [3.05, 3.63) is 44.6 Å². The molecule has 1 aliphatic rings. The summed E-state index contributed by atoms with van der Waals surface area (Å²) in [6.07, 6.45) is -0.123. The lowest BCUT2D eigenvalue weighted by atomic mass is 10.2. The van der Waals surface area contributed by atoms with Gasteiger partial charge in [0.2, 0.25) is 0 Å². The van der Waals surface area contributed by atoms with E-state index in [-0.39, 0.29) is 13.0 Å². The summed E-state index contributed by atoms with van der Waals surface area (Å²) in [7, 11) is 0. The van der Waals surface area contributed by atoms with Crippen molar-refractivity contribution in [3.63, 3.8) is 0 Å². The number of ether oxygens (including phenoxy) is 1. The maximum Gasteiger partial charge on any atom is 0.351 e. The first-order valence-electron chi connectivity index (χ1n) is 7.39. The van der Waals surface area contributed by atoms with E-state index in [0.29, 0.717) is 12.4 Å². The highest BCUT2D eigenvalue weighted by Gasteiger charge is 2.35. The van der Waals surface area contributed by atoms with Crippen molar-refractivity contribution in [1.82, 2.24) is 9.55 Å². The Hall–Kier alpha value is -1.74. The van der Waals surface area contributed by atoms with Gasteiger partial charge in [0.25, 0.3) is 0 Å². The molecular weight excluding hydrogens is 318 g/mol. The SMILES string of the molecule is Cc1cn([C@@H]2C[C@@H](O)[C@H](CO)O2)c(=O)nc1NCc1cccs1. The van der Waals surface area contributed by atoms with Gasteiger partial charge >= 0.3 is 5.69 Å². The van der Waals surface area contributed by atoms with Crippen LogP contribution in [-0.4, -0.2) is 38.6 Å². The van der Waals surface area contributed by atoms with Crippen molar-refractivity contribution in [3.8, 4) is 0 Å². The van der Waals surface area contributed by atoms with Crippen LogP contribution < -0.4 is 11.0 Å². The second-order valence-electron chi connectivity index (χ2n) is 5.51. The van der Waals surface area contributed by atoms with E-state index in [1.807, 2.05) is 24.4 Å². The molecule has 0 spiro atoms. The minimum atomic E-state index is -0.783. The highest BCUT2D eigenvalue weighted by atomic mass is 32.1. The van der Waals surface area contributed by atoms with Crippen molar-refractivity contribution in [2.45, 2.75) is 38.3 Å². The van der Waals surface area contributed by atoms with Crippen molar-refractivity contribution < 1.29 is 14.9 Å². The first-order valence-corrected chi connectivity index (χ1v) is 8.27. The van der Waals surface area contributed by atoms with Crippen molar-refractivity contribution >= 4 is 17.2 Å². The predicted octanol–water partition coefficient (Wildman–Crippen LogP) is 0.866. The lowest BCUT2D eigenvalue weighted by molar-refractivity contribution is -0.0459. The van der Waals surface area contributed by atoms with E-state index in [1.54, 1.807) is 17.5 Å². The third-order valence-corrected chi connectivity index (χ3v) is 4.72. The second-order valence-corrected chi connectivity index (χ2v) is 6.54. The lowest BCUT2D eigenvalue weighted by Gasteiger charge is -2.16. The van der Waals surface area contributed by atoms with Gasteiger partial charge in [-0.2, -0.15) is 4.98 Å². The number of nitrogens with one attached hydrogen (secondary N) is 1. The normalized spacial score (nSPS) is 24.0. The van der Waals surface area contributed by atoms with E-state index >= 15 is 0 Å². The standard InChI is InChI=1S/C15H19N3O4S/c1-9-7-18(13-5-11(20)12(8-19)22-13)15(21)17-14(9)16-6-10-3-2-4-23-10/h2-4,7,11-13,19-20H,5-6,8H2,1H3,(H,16,17,21)/t11-,12+,13+/m1/s1. The molecule has 1 fully saturated rings. The van der Waals surface area contributed by atoms with Crippen LogP contribution in [0.4, 0.5) is 5.82 Å². The number of anilines is 1. The molecule has 0 aliphatic carbocycles. The van der Waals surface area contributed by atoms with Crippen molar-refractivity contribution in [2.75, 3.05) is 11.9 Å². The van der Waals surface area contributed by atoms with E-state index in [1.165, 1.54) is 4.57 Å². The average Bonchev–Trinajstić information content (AvgIpc) is 3.17. The molecule has 0 amide bonds. The van der Waals surface area contributed by atoms with Crippen LogP contribution in [-0.2, 0) is 11.3 Å². The van der Waals surface area contributed by atoms with E-state index in [4.69, 9.17) is 9.84 Å². The molecule has 0 aromatic carbocycles. The van der Waals surface area contributed by atoms with Crippen LogP contribution in [0.3, 0.4) is 0 Å². The van der Waals surface area contributed by atoms with E-state index in [0.717, 1.165) is 10.4 Å². The zero-order chi connectivity index (χ0) is 16.4. The van der Waals surface area contributed by atoms with Crippen LogP contribution in [0.15, 0.2) is 28.5 Å². The van der Waals surface area contributed by atoms with Crippen LogP contribution >= 0.6 is 11.3 Å². The molecule has 3 N–H and O–H groups in total. The first kappa shape index (κ1) is 16.1. The molecule has 0 saturated carbocycles. The molecule has 3 heterocycles. The highest BCUT2D eigenvalue weighted by Crippen LogP contribution is 2.28. The quantitative estimate of drug-likeness (QED) is 0.749. The minimum absolute atomic E-state index is 0.258. The van der Waals surface area contributed by atoms with Gasteiger partial charge in [0.05, 0.1) is 19.3 Å². The third kappa shape index (κ3) is 3.45. The van der Waals surface area contributed by atoms with Gasteiger partial charge in [-0.25, -0.2) is 4.79 Å². The largest absolute Gasteiger partial charge is 0.394 e. The third-order valence-electron chi connectivity index (χ3n) is 3.84. The van der Waals surface area contributed by atoms with Crippen LogP contribution in [0.25, 0.3) is 0 Å². The summed E-state index contributed by atoms with van der Waals surface area (Å²) >= 11 is 1.63. The molecule has 23 heavy (non-hydrogen) atoms. The van der Waals surface area contributed by atoms with E-state index < -0.39 is 24.1 Å². The molecule has 1 aliphatic heterocycles. The van der Waals surface area contributed by atoms with Gasteiger partial charge in [0.15, 0.2) is 0 Å². The number of aliphatic hydroxyl groups is 2. The Morgan fingerprint density at radius 2 is 2.39 bits per heavy atom. The number of aromatic nitrogens is 2. The van der Waals surface area contributed by atoms with Crippen LogP contribution in [0.1, 0.15) is 23.1 Å². The Morgan fingerprint density at radius 1 is 1.57 bits per heavy atom. The Labute approximate surface area is 137 Å². The summed E-state index contributed by atoms with van der Waals surface area (Å²) in [6.45, 7) is 2.19. The molecule has 2 aromatic heterocycles. The molecule has 3 atom stereocenters. The zero-order valence-corrected chi connectivity index (χ0v) is 13.5. The summed E-state index contributed by atoms with van der Waals surface area (Å²) in [5, 5.41) is 24.1. The maximum absolute atomic E-state index is 12.2. The van der Waals surface area contributed by atoms with Gasteiger partial charge in [0, 0.05) is 23.1 Å². The van der Waals surface area contributed by atoms with E-state index in [9.17, 15) is 9.90 Å². The summed E-state index contributed by atoms with van der Waals surface area (Å²) in [5.74, 6) is 0.539. The zero-order valence-electron chi connectivity index (χ0n) is 12.7. The summed E-state index contributed by atoms with van der Waals surface area (Å²) < 4.78 is 6.87. The second kappa shape index (κ2) is 6.79. The number of hydrogen-bond acceptors (Lipinski definition) is 7. The molecule has 7 nitrogen and oxygen atoms in total. The first-order chi connectivity index (χ1) is 11.1. The Morgan fingerprint density at radius 3 is 3.04 bits per heavy atom. The molecule has 3 rings (SSSR count). The monoisotopic (exact) mass is 337 g/mol. The van der Waals surface area contributed by atoms with Gasteiger partial charge in [-0.3, -0.25) is 4.57 Å². The molecule has 8 heteroatoms. The number of hydrogen-bond donors (Lipinski definition) is 3. The molecule has 0 radical (unpaired) electrons. The Balaban J connectivity index is 1.76. The smallest absolute Gasteiger partial charge is 0.351 e.